The van der Waals surface area contributed by atoms with Gasteiger partial charge in [0.25, 0.3) is 0 Å². The van der Waals surface area contributed by atoms with E-state index in [1.165, 1.54) is 6.20 Å². The van der Waals surface area contributed by atoms with Gasteiger partial charge in [0.15, 0.2) is 5.82 Å². The van der Waals surface area contributed by atoms with E-state index < -0.39 is 6.10 Å². The Morgan fingerprint density at radius 2 is 2.09 bits per heavy atom. The maximum atomic E-state index is 14.1. The van der Waals surface area contributed by atoms with Crippen LogP contribution in [0.4, 0.5) is 4.39 Å². The highest BCUT2D eigenvalue weighted by Crippen LogP contribution is 2.39. The molecular formula is C24H27FN6O2. The first-order chi connectivity index (χ1) is 15.9. The zero-order valence-electron chi connectivity index (χ0n) is 19.1. The van der Waals surface area contributed by atoms with Gasteiger partial charge in [-0.2, -0.15) is 5.10 Å². The van der Waals surface area contributed by atoms with Crippen LogP contribution in [-0.4, -0.2) is 37.8 Å². The van der Waals surface area contributed by atoms with Gasteiger partial charge in [-0.3, -0.25) is 4.98 Å². The molecule has 2 aromatic heterocycles. The maximum absolute atomic E-state index is 14.1. The minimum absolute atomic E-state index is 0.0840. The van der Waals surface area contributed by atoms with E-state index >= 15 is 0 Å². The van der Waals surface area contributed by atoms with Crippen LogP contribution in [0, 0.1) is 12.7 Å². The van der Waals surface area contributed by atoms with Crippen molar-refractivity contribution in [2.24, 2.45) is 0 Å². The number of hydrogen-bond acceptors (Lipinski definition) is 7. The SMILES string of the molecule is Cc1nc(C2=CN3CCOc4cc(OC(C)c5ccncc5F)ccc4C3N2)n(C(C)C)n1. The number of aromatic nitrogens is 4. The van der Waals surface area contributed by atoms with Gasteiger partial charge < -0.3 is 19.7 Å². The average Bonchev–Trinajstić information content (AvgIpc) is 3.34. The Balaban J connectivity index is 1.39. The third-order valence-electron chi connectivity index (χ3n) is 5.83. The predicted octanol–water partition coefficient (Wildman–Crippen LogP) is 4.14. The van der Waals surface area contributed by atoms with Crippen molar-refractivity contribution in [1.82, 2.24) is 30.0 Å². The summed E-state index contributed by atoms with van der Waals surface area (Å²) >= 11 is 0. The number of nitrogens with one attached hydrogen (secondary N) is 1. The van der Waals surface area contributed by atoms with Crippen molar-refractivity contribution in [3.63, 3.8) is 0 Å². The van der Waals surface area contributed by atoms with Crippen LogP contribution in [0.25, 0.3) is 5.70 Å². The first kappa shape index (κ1) is 21.2. The molecule has 0 saturated heterocycles. The molecule has 2 aliphatic heterocycles. The summed E-state index contributed by atoms with van der Waals surface area (Å²) < 4.78 is 28.1. The van der Waals surface area contributed by atoms with Crippen LogP contribution < -0.4 is 14.8 Å². The van der Waals surface area contributed by atoms with Gasteiger partial charge in [-0.25, -0.2) is 14.1 Å². The van der Waals surface area contributed by atoms with Crippen LogP contribution >= 0.6 is 0 Å². The van der Waals surface area contributed by atoms with Gasteiger partial charge in [0, 0.05) is 35.6 Å². The highest BCUT2D eigenvalue weighted by atomic mass is 19.1. The molecule has 4 heterocycles. The molecule has 3 aromatic rings. The summed E-state index contributed by atoms with van der Waals surface area (Å²) in [5, 5.41) is 8.13. The van der Waals surface area contributed by atoms with Crippen LogP contribution in [-0.2, 0) is 0 Å². The molecule has 2 unspecified atom stereocenters. The number of nitrogens with zero attached hydrogens (tertiary/aromatic N) is 5. The van der Waals surface area contributed by atoms with Gasteiger partial charge in [-0.1, -0.05) is 0 Å². The number of fused-ring (bicyclic) bond motifs is 3. The van der Waals surface area contributed by atoms with E-state index in [4.69, 9.17) is 9.47 Å². The fourth-order valence-electron chi connectivity index (χ4n) is 4.24. The molecule has 0 fully saturated rings. The second kappa shape index (κ2) is 8.38. The fourth-order valence-corrected chi connectivity index (χ4v) is 4.24. The first-order valence-electron chi connectivity index (χ1n) is 11.1. The van der Waals surface area contributed by atoms with E-state index in [2.05, 4.69) is 45.3 Å². The summed E-state index contributed by atoms with van der Waals surface area (Å²) in [6, 6.07) is 7.58. The number of hydrogen-bond donors (Lipinski definition) is 1. The van der Waals surface area contributed by atoms with Gasteiger partial charge in [-0.05, 0) is 45.9 Å². The van der Waals surface area contributed by atoms with Crippen molar-refractivity contribution in [2.75, 3.05) is 13.2 Å². The Hall–Kier alpha value is -3.62. The molecule has 0 spiro atoms. The van der Waals surface area contributed by atoms with E-state index in [0.29, 0.717) is 17.9 Å². The van der Waals surface area contributed by atoms with E-state index in [1.54, 1.807) is 12.3 Å². The summed E-state index contributed by atoms with van der Waals surface area (Å²) in [5.41, 5.74) is 2.40. The number of aryl methyl sites for hydroxylation is 1. The summed E-state index contributed by atoms with van der Waals surface area (Å²) in [6.07, 6.45) is 4.30. The minimum atomic E-state index is -0.461. The number of halogens is 1. The molecule has 1 N–H and O–H groups in total. The molecule has 2 atom stereocenters. The lowest BCUT2D eigenvalue weighted by Gasteiger charge is -2.23. The van der Waals surface area contributed by atoms with Crippen molar-refractivity contribution >= 4 is 5.70 Å². The second-order valence-electron chi connectivity index (χ2n) is 8.55. The molecule has 0 radical (unpaired) electrons. The lowest BCUT2D eigenvalue weighted by Crippen LogP contribution is -2.28. The van der Waals surface area contributed by atoms with Gasteiger partial charge in [-0.15, -0.1) is 0 Å². The molecule has 0 aliphatic carbocycles. The smallest absolute Gasteiger partial charge is 0.176 e. The highest BCUT2D eigenvalue weighted by molar-refractivity contribution is 5.62. The molecule has 0 amide bonds. The second-order valence-corrected chi connectivity index (χ2v) is 8.55. The first-order valence-corrected chi connectivity index (χ1v) is 11.1. The van der Waals surface area contributed by atoms with Crippen molar-refractivity contribution in [2.45, 2.75) is 46.0 Å². The third kappa shape index (κ3) is 3.99. The monoisotopic (exact) mass is 450 g/mol. The maximum Gasteiger partial charge on any atom is 0.176 e. The van der Waals surface area contributed by atoms with E-state index in [1.807, 2.05) is 36.7 Å². The largest absolute Gasteiger partial charge is 0.491 e. The van der Waals surface area contributed by atoms with Crippen molar-refractivity contribution in [1.29, 1.82) is 0 Å². The van der Waals surface area contributed by atoms with Crippen molar-refractivity contribution in [3.05, 3.63) is 71.5 Å². The van der Waals surface area contributed by atoms with E-state index in [9.17, 15) is 4.39 Å². The lowest BCUT2D eigenvalue weighted by atomic mass is 10.1. The summed E-state index contributed by atoms with van der Waals surface area (Å²) in [7, 11) is 0. The van der Waals surface area contributed by atoms with Crippen LogP contribution in [0.3, 0.4) is 0 Å². The van der Waals surface area contributed by atoms with Crippen LogP contribution in [0.15, 0.2) is 42.9 Å². The zero-order chi connectivity index (χ0) is 23.1. The summed E-state index contributed by atoms with van der Waals surface area (Å²) in [4.78, 5) is 10.7. The normalized spacial score (nSPS) is 18.1. The molecule has 1 aromatic carbocycles. The Bertz CT molecular complexity index is 1210. The molecule has 0 bridgehead atoms. The average molecular weight is 451 g/mol. The summed E-state index contributed by atoms with van der Waals surface area (Å²) in [6.45, 7) is 9.15. The van der Waals surface area contributed by atoms with Gasteiger partial charge in [0.1, 0.15) is 42.0 Å². The Morgan fingerprint density at radius 3 is 2.88 bits per heavy atom. The quantitative estimate of drug-likeness (QED) is 0.626. The van der Waals surface area contributed by atoms with Crippen molar-refractivity contribution in [3.8, 4) is 11.5 Å². The summed E-state index contributed by atoms with van der Waals surface area (Å²) in [5.74, 6) is 2.54. The Labute approximate surface area is 192 Å². The van der Waals surface area contributed by atoms with Crippen molar-refractivity contribution < 1.29 is 13.9 Å². The Morgan fingerprint density at radius 1 is 1.24 bits per heavy atom. The molecule has 2 aliphatic rings. The van der Waals surface area contributed by atoms with Gasteiger partial charge in [0.2, 0.25) is 0 Å². The molecule has 5 rings (SSSR count). The van der Waals surface area contributed by atoms with Crippen LogP contribution in [0.5, 0.6) is 11.5 Å². The molecule has 9 heteroatoms. The molecule has 0 saturated carbocycles. The third-order valence-corrected chi connectivity index (χ3v) is 5.83. The zero-order valence-corrected chi connectivity index (χ0v) is 19.1. The molecule has 172 valence electrons. The molecular weight excluding hydrogens is 423 g/mol. The number of rotatable bonds is 5. The van der Waals surface area contributed by atoms with Crippen LogP contribution in [0.2, 0.25) is 0 Å². The highest BCUT2D eigenvalue weighted by Gasteiger charge is 2.33. The van der Waals surface area contributed by atoms with Crippen LogP contribution in [0.1, 0.15) is 61.9 Å². The predicted molar refractivity (Wildman–Crippen MR) is 121 cm³/mol. The standard InChI is InChI=1S/C24H27FN6O2/c1-14(2)31-24(27-16(4)29-31)21-13-30-9-10-32-22-11-17(5-6-19(22)23(30)28-21)33-15(3)18-7-8-26-12-20(18)25/h5-8,11-15,23,28H,9-10H2,1-4H3. The number of pyridine rings is 1. The van der Waals surface area contributed by atoms with Gasteiger partial charge >= 0.3 is 0 Å². The number of ether oxygens (including phenoxy) is 2. The van der Waals surface area contributed by atoms with E-state index in [0.717, 1.165) is 35.2 Å². The lowest BCUT2D eigenvalue weighted by molar-refractivity contribution is 0.219. The number of benzene rings is 1. The topological polar surface area (TPSA) is 77.3 Å². The van der Waals surface area contributed by atoms with Gasteiger partial charge in [0.05, 0.1) is 18.4 Å². The Kier molecular flexibility index (Phi) is 5.39. The molecule has 33 heavy (non-hydrogen) atoms. The fraction of sp³-hybridized carbons (Fsp3) is 0.375. The molecule has 8 nitrogen and oxygen atoms in total. The van der Waals surface area contributed by atoms with E-state index in [-0.39, 0.29) is 18.0 Å². The minimum Gasteiger partial charge on any atom is -0.491 e.